The molecule has 0 aromatic carbocycles. The largest absolute Gasteiger partial charge is 0.398 e. The Labute approximate surface area is 89.7 Å². The van der Waals surface area contributed by atoms with Gasteiger partial charge in [-0.15, -0.1) is 11.3 Å². The summed E-state index contributed by atoms with van der Waals surface area (Å²) < 4.78 is 30.3. The second-order valence-corrected chi connectivity index (χ2v) is 5.54. The lowest BCUT2D eigenvalue weighted by Gasteiger charge is -2.01. The van der Waals surface area contributed by atoms with Gasteiger partial charge in [-0.1, -0.05) is 5.16 Å². The molecule has 0 spiro atoms. The van der Waals surface area contributed by atoms with Gasteiger partial charge in [-0.25, -0.2) is 8.42 Å². The van der Waals surface area contributed by atoms with Gasteiger partial charge in [0.25, 0.3) is 10.0 Å². The number of anilines is 2. The Morgan fingerprint density at radius 1 is 1.53 bits per heavy atom. The molecule has 2 rings (SSSR count). The van der Waals surface area contributed by atoms with Gasteiger partial charge >= 0.3 is 0 Å². The van der Waals surface area contributed by atoms with E-state index in [1.807, 2.05) is 0 Å². The van der Waals surface area contributed by atoms with Crippen molar-refractivity contribution in [2.75, 3.05) is 10.5 Å². The summed E-state index contributed by atoms with van der Waals surface area (Å²) in [6.45, 7) is 0. The van der Waals surface area contributed by atoms with Gasteiger partial charge in [0, 0.05) is 11.1 Å². The Morgan fingerprint density at radius 3 is 2.87 bits per heavy atom. The molecule has 2 heterocycles. The maximum Gasteiger partial charge on any atom is 0.271 e. The third-order valence-corrected chi connectivity index (χ3v) is 4.38. The summed E-state index contributed by atoms with van der Waals surface area (Å²) in [5.41, 5.74) is 6.14. The van der Waals surface area contributed by atoms with Crippen LogP contribution in [0.1, 0.15) is 0 Å². The lowest BCUT2D eigenvalue weighted by atomic mass is 10.6. The number of nitrogen functional groups attached to an aromatic ring is 1. The second-order valence-electron chi connectivity index (χ2n) is 2.72. The topological polar surface area (TPSA) is 98.2 Å². The van der Waals surface area contributed by atoms with Gasteiger partial charge in [-0.2, -0.15) is 0 Å². The van der Waals surface area contributed by atoms with Crippen molar-refractivity contribution in [3.63, 3.8) is 0 Å². The molecule has 0 saturated carbocycles. The minimum atomic E-state index is -3.57. The molecule has 0 bridgehead atoms. The van der Waals surface area contributed by atoms with E-state index in [4.69, 9.17) is 5.73 Å². The van der Waals surface area contributed by atoms with E-state index >= 15 is 0 Å². The molecule has 2 aromatic heterocycles. The van der Waals surface area contributed by atoms with Gasteiger partial charge in [-0.3, -0.25) is 4.72 Å². The van der Waals surface area contributed by atoms with Crippen LogP contribution in [-0.2, 0) is 10.0 Å². The molecular formula is C7H7N3O3S2. The zero-order valence-electron chi connectivity index (χ0n) is 7.38. The van der Waals surface area contributed by atoms with Crippen molar-refractivity contribution in [2.45, 2.75) is 4.21 Å². The Morgan fingerprint density at radius 2 is 2.33 bits per heavy atom. The van der Waals surface area contributed by atoms with Gasteiger partial charge in [0.15, 0.2) is 0 Å². The van der Waals surface area contributed by atoms with Crippen LogP contribution in [0.25, 0.3) is 0 Å². The normalized spacial score (nSPS) is 11.5. The molecule has 3 N–H and O–H groups in total. The van der Waals surface area contributed by atoms with E-state index in [1.54, 1.807) is 5.38 Å². The summed E-state index contributed by atoms with van der Waals surface area (Å²) in [6.07, 6.45) is 2.48. The highest BCUT2D eigenvalue weighted by molar-refractivity contribution is 7.94. The summed E-state index contributed by atoms with van der Waals surface area (Å²) in [5, 5.41) is 4.94. The van der Waals surface area contributed by atoms with Crippen LogP contribution in [0, 0.1) is 0 Å². The molecule has 0 aliphatic carbocycles. The van der Waals surface area contributed by atoms with Crippen LogP contribution in [0.4, 0.5) is 11.4 Å². The van der Waals surface area contributed by atoms with Crippen molar-refractivity contribution in [3.8, 4) is 0 Å². The van der Waals surface area contributed by atoms with E-state index in [2.05, 4.69) is 14.4 Å². The molecule has 0 unspecified atom stereocenters. The van der Waals surface area contributed by atoms with Crippen LogP contribution < -0.4 is 10.5 Å². The molecule has 0 atom stereocenters. The lowest BCUT2D eigenvalue weighted by Crippen LogP contribution is -2.10. The summed E-state index contributed by atoms with van der Waals surface area (Å²) in [4.78, 5) is 0. The number of hydrogen-bond acceptors (Lipinski definition) is 6. The quantitative estimate of drug-likeness (QED) is 0.844. The van der Waals surface area contributed by atoms with E-state index in [1.165, 1.54) is 18.5 Å². The lowest BCUT2D eigenvalue weighted by molar-refractivity contribution is 0.420. The number of nitrogens with one attached hydrogen (secondary N) is 1. The van der Waals surface area contributed by atoms with Gasteiger partial charge < -0.3 is 10.3 Å². The Kier molecular flexibility index (Phi) is 2.37. The van der Waals surface area contributed by atoms with Crippen LogP contribution in [0.15, 0.2) is 32.6 Å². The second kappa shape index (κ2) is 3.55. The van der Waals surface area contributed by atoms with Crippen molar-refractivity contribution in [3.05, 3.63) is 23.9 Å². The predicted octanol–water partition coefficient (Wildman–Crippen LogP) is 1.12. The van der Waals surface area contributed by atoms with Crippen molar-refractivity contribution in [1.82, 2.24) is 5.16 Å². The fraction of sp³-hybridized carbons (Fsp3) is 0. The fourth-order valence-corrected chi connectivity index (χ4v) is 3.04. The smallest absolute Gasteiger partial charge is 0.271 e. The summed E-state index contributed by atoms with van der Waals surface area (Å²) in [5.74, 6) is 0. The van der Waals surface area contributed by atoms with E-state index in [9.17, 15) is 8.42 Å². The minimum absolute atomic E-state index is 0.154. The molecule has 15 heavy (non-hydrogen) atoms. The van der Waals surface area contributed by atoms with Gasteiger partial charge in [0.2, 0.25) is 0 Å². The van der Waals surface area contributed by atoms with Gasteiger partial charge in [0.1, 0.15) is 16.2 Å². The van der Waals surface area contributed by atoms with Crippen LogP contribution in [0.5, 0.6) is 0 Å². The van der Waals surface area contributed by atoms with Crippen LogP contribution in [-0.4, -0.2) is 13.6 Å². The van der Waals surface area contributed by atoms with Gasteiger partial charge in [-0.05, 0) is 6.07 Å². The summed E-state index contributed by atoms with van der Waals surface area (Å²) in [6, 6.07) is 1.39. The molecule has 0 fully saturated rings. The molecule has 6 nitrogen and oxygen atoms in total. The fourth-order valence-electron chi connectivity index (χ4n) is 0.932. The SMILES string of the molecule is Nc1csc(S(=O)(=O)Nc2cnoc2)c1. The van der Waals surface area contributed by atoms with Crippen LogP contribution >= 0.6 is 11.3 Å². The number of aromatic nitrogens is 1. The highest BCUT2D eigenvalue weighted by Crippen LogP contribution is 2.23. The predicted molar refractivity (Wildman–Crippen MR) is 56.0 cm³/mol. The average molecular weight is 245 g/mol. The Balaban J connectivity index is 2.28. The highest BCUT2D eigenvalue weighted by atomic mass is 32.2. The number of sulfonamides is 1. The zero-order valence-corrected chi connectivity index (χ0v) is 9.01. The standard InChI is InChI=1S/C7H7N3O3S2/c8-5-1-7(14-4-5)15(11,12)10-6-2-9-13-3-6/h1-4,10H,8H2. The van der Waals surface area contributed by atoms with E-state index in [-0.39, 0.29) is 9.90 Å². The van der Waals surface area contributed by atoms with Gasteiger partial charge in [0.05, 0.1) is 6.20 Å². The average Bonchev–Trinajstić information content (AvgIpc) is 2.75. The molecular weight excluding hydrogens is 238 g/mol. The minimum Gasteiger partial charge on any atom is -0.398 e. The maximum absolute atomic E-state index is 11.7. The molecule has 0 radical (unpaired) electrons. The monoisotopic (exact) mass is 245 g/mol. The Hall–Kier alpha value is -1.54. The number of nitrogens with zero attached hydrogens (tertiary/aromatic N) is 1. The first-order valence-corrected chi connectivity index (χ1v) is 6.20. The molecule has 0 amide bonds. The zero-order chi connectivity index (χ0) is 10.9. The molecule has 2 aromatic rings. The highest BCUT2D eigenvalue weighted by Gasteiger charge is 2.16. The van der Waals surface area contributed by atoms with Crippen LogP contribution in [0.2, 0.25) is 0 Å². The van der Waals surface area contributed by atoms with E-state index < -0.39 is 10.0 Å². The number of hydrogen-bond donors (Lipinski definition) is 2. The maximum atomic E-state index is 11.7. The first-order chi connectivity index (χ1) is 7.08. The number of thiophene rings is 1. The molecule has 0 saturated heterocycles. The van der Waals surface area contributed by atoms with E-state index in [0.717, 1.165) is 11.3 Å². The molecule has 0 aliphatic rings. The van der Waals surface area contributed by atoms with E-state index in [0.29, 0.717) is 5.69 Å². The van der Waals surface area contributed by atoms with Crippen molar-refractivity contribution >= 4 is 32.7 Å². The Bertz CT molecular complexity index is 544. The molecule has 8 heteroatoms. The first-order valence-electron chi connectivity index (χ1n) is 3.84. The van der Waals surface area contributed by atoms with Crippen molar-refractivity contribution in [1.29, 1.82) is 0 Å². The summed E-state index contributed by atoms with van der Waals surface area (Å²) in [7, 11) is -3.57. The number of nitrogens with two attached hydrogens (primary N) is 1. The molecule has 80 valence electrons. The third-order valence-electron chi connectivity index (χ3n) is 1.55. The number of rotatable bonds is 3. The van der Waals surface area contributed by atoms with Crippen LogP contribution in [0.3, 0.4) is 0 Å². The van der Waals surface area contributed by atoms with Crippen molar-refractivity contribution in [2.24, 2.45) is 0 Å². The third kappa shape index (κ3) is 2.10. The molecule has 0 aliphatic heterocycles. The summed E-state index contributed by atoms with van der Waals surface area (Å²) >= 11 is 1.05. The first kappa shape index (κ1) is 9.99. The van der Waals surface area contributed by atoms with Crippen molar-refractivity contribution < 1.29 is 12.9 Å².